The van der Waals surface area contributed by atoms with Crippen molar-refractivity contribution in [2.45, 2.75) is 38.8 Å². The summed E-state index contributed by atoms with van der Waals surface area (Å²) in [6.45, 7) is 8.38. The molecule has 2 N–H and O–H groups in total. The number of rotatable bonds is 7. The summed E-state index contributed by atoms with van der Waals surface area (Å²) in [6, 6.07) is 11.7. The number of benzene rings is 1. The van der Waals surface area contributed by atoms with Gasteiger partial charge in [0.25, 0.3) is 0 Å². The van der Waals surface area contributed by atoms with Crippen LogP contribution in [0.15, 0.2) is 30.3 Å². The molecule has 0 aromatic heterocycles. The molecule has 1 aromatic rings. The number of likely N-dealkylation sites (N-methyl/N-ethyl adjacent to an activating group) is 1. The quantitative estimate of drug-likeness (QED) is 0.835. The molecular weight excluding hydrogens is 262 g/mol. The largest absolute Gasteiger partial charge is 0.370 e. The van der Waals surface area contributed by atoms with E-state index in [1.807, 2.05) is 0 Å². The van der Waals surface area contributed by atoms with Crippen molar-refractivity contribution in [2.75, 3.05) is 26.2 Å². The molecule has 0 aliphatic carbocycles. The Kier molecular flexibility index (Phi) is 5.76. The highest BCUT2D eigenvalue weighted by molar-refractivity contribution is 5.73. The number of carbonyl (C=O) groups is 1. The minimum absolute atomic E-state index is 0.207. The smallest absolute Gasteiger partial charge is 0.218 e. The Morgan fingerprint density at radius 3 is 2.76 bits per heavy atom. The molecule has 1 saturated heterocycles. The molecule has 0 radical (unpaired) electrons. The molecule has 0 bridgehead atoms. The van der Waals surface area contributed by atoms with Crippen LogP contribution in [-0.4, -0.2) is 47.9 Å². The first kappa shape index (κ1) is 16.0. The summed E-state index contributed by atoms with van der Waals surface area (Å²) in [5.74, 6) is -0.207. The summed E-state index contributed by atoms with van der Waals surface area (Å²) >= 11 is 0. The van der Waals surface area contributed by atoms with Gasteiger partial charge in [0.2, 0.25) is 5.91 Å². The zero-order valence-corrected chi connectivity index (χ0v) is 13.2. The Hall–Kier alpha value is -1.39. The molecule has 21 heavy (non-hydrogen) atoms. The SMILES string of the molecule is CCN(CCC(N)=O)[C@@H]1CCN([C@H](C)c2ccccc2)C1. The van der Waals surface area contributed by atoms with Gasteiger partial charge >= 0.3 is 0 Å². The van der Waals surface area contributed by atoms with Crippen LogP contribution in [0.3, 0.4) is 0 Å². The summed E-state index contributed by atoms with van der Waals surface area (Å²) in [6.07, 6.45) is 1.63. The number of carbonyl (C=O) groups excluding carboxylic acids is 1. The lowest BCUT2D eigenvalue weighted by Gasteiger charge is -2.29. The van der Waals surface area contributed by atoms with Gasteiger partial charge in [-0.3, -0.25) is 14.6 Å². The number of nitrogens with two attached hydrogens (primary N) is 1. The highest BCUT2D eigenvalue weighted by atomic mass is 16.1. The maximum Gasteiger partial charge on any atom is 0.218 e. The summed E-state index contributed by atoms with van der Waals surface area (Å²) < 4.78 is 0. The first-order valence-corrected chi connectivity index (χ1v) is 7.93. The number of amides is 1. The average molecular weight is 289 g/mol. The highest BCUT2D eigenvalue weighted by Gasteiger charge is 2.29. The molecule has 1 fully saturated rings. The Bertz CT molecular complexity index is 449. The predicted octanol–water partition coefficient (Wildman–Crippen LogP) is 2.02. The lowest BCUT2D eigenvalue weighted by atomic mass is 10.1. The van der Waals surface area contributed by atoms with Crippen LogP contribution in [0.1, 0.15) is 38.3 Å². The van der Waals surface area contributed by atoms with Crippen molar-refractivity contribution in [1.82, 2.24) is 9.80 Å². The first-order valence-electron chi connectivity index (χ1n) is 7.93. The summed E-state index contributed by atoms with van der Waals surface area (Å²) in [7, 11) is 0. The van der Waals surface area contributed by atoms with Crippen LogP contribution in [-0.2, 0) is 4.79 Å². The second kappa shape index (κ2) is 7.57. The van der Waals surface area contributed by atoms with Crippen molar-refractivity contribution in [3.8, 4) is 0 Å². The number of hydrogen-bond donors (Lipinski definition) is 1. The van der Waals surface area contributed by atoms with Gasteiger partial charge in [-0.1, -0.05) is 37.3 Å². The van der Waals surface area contributed by atoms with E-state index >= 15 is 0 Å². The lowest BCUT2D eigenvalue weighted by molar-refractivity contribution is -0.118. The number of nitrogens with zero attached hydrogens (tertiary/aromatic N) is 2. The Balaban J connectivity index is 1.91. The monoisotopic (exact) mass is 289 g/mol. The molecule has 4 heteroatoms. The zero-order valence-electron chi connectivity index (χ0n) is 13.2. The molecule has 2 rings (SSSR count). The van der Waals surface area contributed by atoms with E-state index in [0.29, 0.717) is 18.5 Å². The maximum atomic E-state index is 11.0. The van der Waals surface area contributed by atoms with Gasteiger partial charge in [0, 0.05) is 38.1 Å². The van der Waals surface area contributed by atoms with Crippen LogP contribution in [0.25, 0.3) is 0 Å². The number of primary amides is 1. The molecule has 0 saturated carbocycles. The van der Waals surface area contributed by atoms with E-state index in [-0.39, 0.29) is 5.91 Å². The second-order valence-electron chi connectivity index (χ2n) is 5.87. The Morgan fingerprint density at radius 2 is 2.14 bits per heavy atom. The molecule has 1 aliphatic heterocycles. The van der Waals surface area contributed by atoms with Crippen LogP contribution in [0.2, 0.25) is 0 Å². The molecule has 1 amide bonds. The fourth-order valence-electron chi connectivity index (χ4n) is 3.21. The van der Waals surface area contributed by atoms with E-state index in [4.69, 9.17) is 5.73 Å². The number of likely N-dealkylation sites (tertiary alicyclic amines) is 1. The van der Waals surface area contributed by atoms with Crippen molar-refractivity contribution < 1.29 is 4.79 Å². The first-order chi connectivity index (χ1) is 10.1. The van der Waals surface area contributed by atoms with Crippen molar-refractivity contribution in [1.29, 1.82) is 0 Å². The van der Waals surface area contributed by atoms with Gasteiger partial charge < -0.3 is 5.73 Å². The topological polar surface area (TPSA) is 49.6 Å². The maximum absolute atomic E-state index is 11.0. The predicted molar refractivity (Wildman–Crippen MR) is 85.9 cm³/mol. The minimum Gasteiger partial charge on any atom is -0.370 e. The molecule has 1 aromatic carbocycles. The normalized spacial score (nSPS) is 20.8. The standard InChI is InChI=1S/C17H27N3O/c1-3-19(12-10-17(18)21)16-9-11-20(13-16)14(2)15-7-5-4-6-8-15/h4-8,14,16H,3,9-13H2,1-2H3,(H2,18,21)/t14-,16-/m1/s1. The van der Waals surface area contributed by atoms with Crippen LogP contribution >= 0.6 is 0 Å². The Labute approximate surface area is 127 Å². The van der Waals surface area contributed by atoms with E-state index in [0.717, 1.165) is 26.2 Å². The van der Waals surface area contributed by atoms with Crippen molar-refractivity contribution in [3.05, 3.63) is 35.9 Å². The van der Waals surface area contributed by atoms with Gasteiger partial charge in [0.15, 0.2) is 0 Å². The Morgan fingerprint density at radius 1 is 1.43 bits per heavy atom. The van der Waals surface area contributed by atoms with Gasteiger partial charge in [-0.2, -0.15) is 0 Å². The summed E-state index contributed by atoms with van der Waals surface area (Å²) in [5.41, 5.74) is 6.64. The van der Waals surface area contributed by atoms with E-state index in [9.17, 15) is 4.79 Å². The fourth-order valence-corrected chi connectivity index (χ4v) is 3.21. The van der Waals surface area contributed by atoms with Crippen LogP contribution in [0.4, 0.5) is 0 Å². The third-order valence-electron chi connectivity index (χ3n) is 4.59. The minimum atomic E-state index is -0.207. The van der Waals surface area contributed by atoms with Gasteiger partial charge in [-0.05, 0) is 25.5 Å². The van der Waals surface area contributed by atoms with Gasteiger partial charge in [-0.15, -0.1) is 0 Å². The highest BCUT2D eigenvalue weighted by Crippen LogP contribution is 2.26. The molecule has 1 aliphatic rings. The van der Waals surface area contributed by atoms with Gasteiger partial charge in [0.1, 0.15) is 0 Å². The van der Waals surface area contributed by atoms with Crippen molar-refractivity contribution in [3.63, 3.8) is 0 Å². The molecule has 116 valence electrons. The van der Waals surface area contributed by atoms with Crippen molar-refractivity contribution in [2.24, 2.45) is 5.73 Å². The number of hydrogen-bond acceptors (Lipinski definition) is 3. The van der Waals surface area contributed by atoms with E-state index < -0.39 is 0 Å². The van der Waals surface area contributed by atoms with E-state index in [2.05, 4.69) is 54.0 Å². The molecular formula is C17H27N3O. The summed E-state index contributed by atoms with van der Waals surface area (Å²) in [5, 5.41) is 0. The van der Waals surface area contributed by atoms with Crippen LogP contribution in [0.5, 0.6) is 0 Å². The third kappa shape index (κ3) is 4.29. The molecule has 2 atom stereocenters. The molecule has 0 spiro atoms. The van der Waals surface area contributed by atoms with E-state index in [1.165, 1.54) is 12.0 Å². The molecule has 0 unspecified atom stereocenters. The average Bonchev–Trinajstić information content (AvgIpc) is 2.97. The summed E-state index contributed by atoms with van der Waals surface area (Å²) in [4.78, 5) is 15.9. The van der Waals surface area contributed by atoms with Gasteiger partial charge in [0.05, 0.1) is 0 Å². The third-order valence-corrected chi connectivity index (χ3v) is 4.59. The second-order valence-corrected chi connectivity index (χ2v) is 5.87. The van der Waals surface area contributed by atoms with Gasteiger partial charge in [-0.25, -0.2) is 0 Å². The molecule has 1 heterocycles. The van der Waals surface area contributed by atoms with Crippen molar-refractivity contribution >= 4 is 5.91 Å². The lowest BCUT2D eigenvalue weighted by Crippen LogP contribution is -2.39. The van der Waals surface area contributed by atoms with E-state index in [1.54, 1.807) is 0 Å². The zero-order chi connectivity index (χ0) is 15.2. The van der Waals surface area contributed by atoms with Crippen LogP contribution in [0, 0.1) is 0 Å². The molecule has 4 nitrogen and oxygen atoms in total. The fraction of sp³-hybridized carbons (Fsp3) is 0.588. The van der Waals surface area contributed by atoms with Crippen LogP contribution < -0.4 is 5.73 Å².